The number of carbonyl (C=O) groups excluding carboxylic acids is 1. The Morgan fingerprint density at radius 1 is 1.57 bits per heavy atom. The fourth-order valence-corrected chi connectivity index (χ4v) is 1.49. The molecule has 0 aromatic heterocycles. The van der Waals surface area contributed by atoms with E-state index in [1.807, 2.05) is 0 Å². The van der Waals surface area contributed by atoms with Crippen LogP contribution in [0.15, 0.2) is 12.1 Å². The van der Waals surface area contributed by atoms with Crippen LogP contribution in [0.5, 0.6) is 5.75 Å². The van der Waals surface area contributed by atoms with Gasteiger partial charge in [0.25, 0.3) is 5.69 Å². The van der Waals surface area contributed by atoms with Gasteiger partial charge >= 0.3 is 5.97 Å². The van der Waals surface area contributed by atoms with Crippen molar-refractivity contribution in [2.24, 2.45) is 5.73 Å². The monoisotopic (exact) mass is 326 g/mol. The van der Waals surface area contributed by atoms with Crippen LogP contribution < -0.4 is 5.73 Å². The van der Waals surface area contributed by atoms with Crippen LogP contribution in [-0.4, -0.2) is 28.8 Å². The predicted molar refractivity (Wildman–Crippen MR) is 70.4 cm³/mol. The molecule has 1 aromatic rings. The minimum absolute atomic E-state index is 0. The van der Waals surface area contributed by atoms with E-state index < -0.39 is 45.9 Å². The highest BCUT2D eigenvalue weighted by molar-refractivity contribution is 5.85. The minimum Gasteiger partial charge on any atom is -0.505 e. The summed E-state index contributed by atoms with van der Waals surface area (Å²) in [4.78, 5) is 20.8. The number of phenolic OH excluding ortho intramolecular Hbond substituents is 1. The Morgan fingerprint density at radius 2 is 2.14 bits per heavy atom. The number of benzene rings is 1. The number of non-ortho nitro benzene ring substituents is 1. The largest absolute Gasteiger partial charge is 0.505 e. The molecule has 1 rings (SSSR count). The Bertz CT molecular complexity index is 544. The van der Waals surface area contributed by atoms with Crippen molar-refractivity contribution in [3.05, 3.63) is 33.6 Å². The molecule has 0 radical (unpaired) electrons. The molecular weight excluding hydrogens is 314 g/mol. The number of esters is 1. The number of carbonyl (C=O) groups is 1. The molecule has 0 aliphatic heterocycles. The van der Waals surface area contributed by atoms with E-state index in [0.717, 1.165) is 0 Å². The summed E-state index contributed by atoms with van der Waals surface area (Å²) in [5, 5.41) is 20.0. The molecule has 2 atom stereocenters. The third kappa shape index (κ3) is 4.23. The van der Waals surface area contributed by atoms with Crippen molar-refractivity contribution in [3.63, 3.8) is 0 Å². The molecule has 0 aliphatic carbocycles. The molecular formula is C11H13ClF2N2O5. The van der Waals surface area contributed by atoms with Gasteiger partial charge in [-0.05, 0) is 6.92 Å². The van der Waals surface area contributed by atoms with Crippen molar-refractivity contribution < 1.29 is 28.3 Å². The van der Waals surface area contributed by atoms with Gasteiger partial charge in [-0.3, -0.25) is 10.1 Å². The standard InChI is InChI=1S/C11H12F2N2O5.ClH/c1-2-20-11(17)8(13)9(14)6-3-5(15(18)19)4-7(12)10(6)16;/h3-4,8-9,16H,2,14H2,1H3;1H/t8?,9-;/m1./s1. The molecule has 0 fully saturated rings. The zero-order chi connectivity index (χ0) is 15.4. The maximum absolute atomic E-state index is 13.7. The average molecular weight is 327 g/mol. The van der Waals surface area contributed by atoms with Crippen molar-refractivity contribution in [1.29, 1.82) is 0 Å². The smallest absolute Gasteiger partial charge is 0.342 e. The number of rotatable bonds is 5. The number of nitro benzene ring substituents is 1. The van der Waals surface area contributed by atoms with E-state index in [9.17, 15) is 28.8 Å². The summed E-state index contributed by atoms with van der Waals surface area (Å²) in [5.41, 5.74) is 4.08. The Balaban J connectivity index is 0.00000400. The molecule has 7 nitrogen and oxygen atoms in total. The van der Waals surface area contributed by atoms with Crippen LogP contribution in [-0.2, 0) is 9.53 Å². The summed E-state index contributed by atoms with van der Waals surface area (Å²) in [6.45, 7) is 1.35. The second kappa shape index (κ2) is 7.70. The summed E-state index contributed by atoms with van der Waals surface area (Å²) in [6, 6.07) is -0.624. The first kappa shape index (κ1) is 19.0. The number of alkyl halides is 1. The van der Waals surface area contributed by atoms with E-state index in [0.29, 0.717) is 12.1 Å². The molecule has 0 aliphatic rings. The fraction of sp³-hybridized carbons (Fsp3) is 0.364. The first-order valence-corrected chi connectivity index (χ1v) is 5.52. The number of nitrogens with two attached hydrogens (primary N) is 1. The van der Waals surface area contributed by atoms with Crippen molar-refractivity contribution in [2.75, 3.05) is 6.61 Å². The molecule has 0 heterocycles. The summed E-state index contributed by atoms with van der Waals surface area (Å²) < 4.78 is 31.4. The number of aromatic hydroxyl groups is 1. The van der Waals surface area contributed by atoms with Crippen LogP contribution in [0.2, 0.25) is 0 Å². The summed E-state index contributed by atoms with van der Waals surface area (Å²) in [7, 11) is 0. The molecule has 0 saturated heterocycles. The topological polar surface area (TPSA) is 116 Å². The molecule has 0 bridgehead atoms. The zero-order valence-electron chi connectivity index (χ0n) is 10.8. The number of ether oxygens (including phenoxy) is 1. The van der Waals surface area contributed by atoms with Crippen molar-refractivity contribution in [1.82, 2.24) is 0 Å². The molecule has 10 heteroatoms. The molecule has 21 heavy (non-hydrogen) atoms. The number of hydrogen-bond acceptors (Lipinski definition) is 6. The van der Waals surface area contributed by atoms with E-state index in [-0.39, 0.29) is 19.0 Å². The van der Waals surface area contributed by atoms with E-state index >= 15 is 0 Å². The van der Waals surface area contributed by atoms with Gasteiger partial charge in [0.1, 0.15) is 0 Å². The maximum atomic E-state index is 13.7. The number of nitro groups is 1. The van der Waals surface area contributed by atoms with E-state index in [1.54, 1.807) is 0 Å². The van der Waals surface area contributed by atoms with Crippen LogP contribution >= 0.6 is 12.4 Å². The highest BCUT2D eigenvalue weighted by atomic mass is 35.5. The summed E-state index contributed by atoms with van der Waals surface area (Å²) in [5.74, 6) is -3.68. The lowest BCUT2D eigenvalue weighted by atomic mass is 10.0. The number of halogens is 3. The second-order valence-electron chi connectivity index (χ2n) is 3.80. The molecule has 3 N–H and O–H groups in total. The lowest BCUT2D eigenvalue weighted by molar-refractivity contribution is -0.385. The molecule has 0 amide bonds. The van der Waals surface area contributed by atoms with Gasteiger partial charge in [-0.15, -0.1) is 12.4 Å². The zero-order valence-corrected chi connectivity index (χ0v) is 11.6. The molecule has 1 unspecified atom stereocenters. The molecule has 0 saturated carbocycles. The minimum atomic E-state index is -2.39. The van der Waals surface area contributed by atoms with Crippen LogP contribution in [0, 0.1) is 15.9 Å². The van der Waals surface area contributed by atoms with Crippen molar-refractivity contribution in [2.45, 2.75) is 19.1 Å². The van der Waals surface area contributed by atoms with Crippen LogP contribution in [0.4, 0.5) is 14.5 Å². The Labute approximate surface area is 124 Å². The summed E-state index contributed by atoms with van der Waals surface area (Å²) >= 11 is 0. The molecule has 0 spiro atoms. The van der Waals surface area contributed by atoms with Crippen LogP contribution in [0.3, 0.4) is 0 Å². The van der Waals surface area contributed by atoms with Gasteiger partial charge in [-0.25, -0.2) is 13.6 Å². The highest BCUT2D eigenvalue weighted by Crippen LogP contribution is 2.32. The average Bonchev–Trinajstić information content (AvgIpc) is 2.40. The van der Waals surface area contributed by atoms with E-state index in [2.05, 4.69) is 4.74 Å². The fourth-order valence-electron chi connectivity index (χ4n) is 1.49. The quantitative estimate of drug-likeness (QED) is 0.484. The third-order valence-corrected chi connectivity index (χ3v) is 2.47. The lowest BCUT2D eigenvalue weighted by Crippen LogP contribution is -2.31. The van der Waals surface area contributed by atoms with Gasteiger partial charge in [-0.2, -0.15) is 0 Å². The van der Waals surface area contributed by atoms with Gasteiger partial charge in [0.05, 0.1) is 23.6 Å². The molecule has 118 valence electrons. The SMILES string of the molecule is CCOC(=O)C(F)[C@H](N)c1cc([N+](=O)[O-])cc(F)c1O.Cl. The van der Waals surface area contributed by atoms with Crippen molar-refractivity contribution in [3.8, 4) is 5.75 Å². The Kier molecular flexibility index (Phi) is 6.96. The number of hydrogen-bond donors (Lipinski definition) is 2. The number of nitrogens with zero attached hydrogens (tertiary/aromatic N) is 1. The number of phenols is 1. The van der Waals surface area contributed by atoms with Gasteiger partial charge < -0.3 is 15.6 Å². The first-order valence-electron chi connectivity index (χ1n) is 5.52. The van der Waals surface area contributed by atoms with Crippen LogP contribution in [0.25, 0.3) is 0 Å². The molecule has 1 aromatic carbocycles. The van der Waals surface area contributed by atoms with Crippen molar-refractivity contribution >= 4 is 24.1 Å². The van der Waals surface area contributed by atoms with Crippen LogP contribution in [0.1, 0.15) is 18.5 Å². The Hall–Kier alpha value is -2.00. The van der Waals surface area contributed by atoms with E-state index in [4.69, 9.17) is 5.73 Å². The lowest BCUT2D eigenvalue weighted by Gasteiger charge is -2.17. The first-order chi connectivity index (χ1) is 9.29. The van der Waals surface area contributed by atoms with Gasteiger partial charge in [-0.1, -0.05) is 0 Å². The Morgan fingerprint density at radius 3 is 2.62 bits per heavy atom. The normalized spacial score (nSPS) is 13.0. The highest BCUT2D eigenvalue weighted by Gasteiger charge is 2.32. The van der Waals surface area contributed by atoms with Gasteiger partial charge in [0.15, 0.2) is 11.6 Å². The predicted octanol–water partition coefficient (Wildman–Crippen LogP) is 1.76. The van der Waals surface area contributed by atoms with Gasteiger partial charge in [0, 0.05) is 11.6 Å². The summed E-state index contributed by atoms with van der Waals surface area (Å²) in [6.07, 6.45) is -2.39. The third-order valence-electron chi connectivity index (χ3n) is 2.47. The maximum Gasteiger partial charge on any atom is 0.342 e. The van der Waals surface area contributed by atoms with Gasteiger partial charge in [0.2, 0.25) is 6.17 Å². The van der Waals surface area contributed by atoms with E-state index in [1.165, 1.54) is 6.92 Å². The second-order valence-corrected chi connectivity index (χ2v) is 3.80.